The maximum atomic E-state index is 11.6. The number of nitrogens with zero attached hydrogens (tertiary/aromatic N) is 1. The number of aryl methyl sites for hydroxylation is 1. The lowest BCUT2D eigenvalue weighted by atomic mass is 10.1. The van der Waals surface area contributed by atoms with E-state index in [1.54, 1.807) is 0 Å². The molecule has 6 nitrogen and oxygen atoms in total. The first-order chi connectivity index (χ1) is 8.54. The summed E-state index contributed by atoms with van der Waals surface area (Å²) in [6.07, 6.45) is 1.37. The molecule has 0 radical (unpaired) electrons. The van der Waals surface area contributed by atoms with E-state index < -0.39 is 11.9 Å². The van der Waals surface area contributed by atoms with Gasteiger partial charge in [-0.25, -0.2) is 14.6 Å². The zero-order valence-corrected chi connectivity index (χ0v) is 11.7. The standard InChI is InChI=1S/C12H14ClNO4.H2O/c1-4-5-9-7(11(15)17-2)6-8(10(13)14-9)12(16)18-3;/h6H,4-5H2,1-3H3;1H2. The van der Waals surface area contributed by atoms with Gasteiger partial charge >= 0.3 is 11.9 Å². The van der Waals surface area contributed by atoms with E-state index in [0.29, 0.717) is 12.1 Å². The Morgan fingerprint density at radius 1 is 1.21 bits per heavy atom. The molecule has 0 aliphatic heterocycles. The topological polar surface area (TPSA) is 97.0 Å². The number of esters is 2. The lowest BCUT2D eigenvalue weighted by molar-refractivity contribution is 0.0597. The van der Waals surface area contributed by atoms with Gasteiger partial charge in [0.2, 0.25) is 0 Å². The number of carbonyl (C=O) groups excluding carboxylic acids is 2. The van der Waals surface area contributed by atoms with E-state index in [2.05, 4.69) is 14.5 Å². The van der Waals surface area contributed by atoms with E-state index >= 15 is 0 Å². The van der Waals surface area contributed by atoms with Crippen molar-refractivity contribution >= 4 is 23.5 Å². The molecule has 0 spiro atoms. The minimum absolute atomic E-state index is 0. The summed E-state index contributed by atoms with van der Waals surface area (Å²) >= 11 is 5.89. The van der Waals surface area contributed by atoms with Crippen LogP contribution in [0.1, 0.15) is 39.8 Å². The van der Waals surface area contributed by atoms with Crippen LogP contribution in [0.2, 0.25) is 5.15 Å². The first-order valence-electron chi connectivity index (χ1n) is 5.41. The molecule has 1 rings (SSSR count). The molecule has 0 aliphatic rings. The average Bonchev–Trinajstić information content (AvgIpc) is 2.37. The Kier molecular flexibility index (Phi) is 7.03. The second-order valence-electron chi connectivity index (χ2n) is 3.55. The minimum Gasteiger partial charge on any atom is -0.465 e. The second kappa shape index (κ2) is 7.70. The zero-order chi connectivity index (χ0) is 13.7. The summed E-state index contributed by atoms with van der Waals surface area (Å²) in [5.41, 5.74) is 0.811. The lowest BCUT2D eigenvalue weighted by Crippen LogP contribution is -2.12. The highest BCUT2D eigenvalue weighted by molar-refractivity contribution is 6.32. The maximum absolute atomic E-state index is 11.6. The summed E-state index contributed by atoms with van der Waals surface area (Å²) in [5.74, 6) is -1.19. The van der Waals surface area contributed by atoms with Crippen LogP contribution in [0, 0.1) is 0 Å². The van der Waals surface area contributed by atoms with Gasteiger partial charge < -0.3 is 14.9 Å². The van der Waals surface area contributed by atoms with Gasteiger partial charge in [-0.1, -0.05) is 24.9 Å². The molecule has 0 bridgehead atoms. The molecule has 0 fully saturated rings. The molecule has 19 heavy (non-hydrogen) atoms. The Morgan fingerprint density at radius 2 is 1.74 bits per heavy atom. The predicted molar refractivity (Wildman–Crippen MR) is 69.5 cm³/mol. The molecule has 0 aliphatic carbocycles. The molecule has 0 aromatic carbocycles. The van der Waals surface area contributed by atoms with Crippen LogP contribution in [0.3, 0.4) is 0 Å². The van der Waals surface area contributed by atoms with Crippen LogP contribution in [0.5, 0.6) is 0 Å². The van der Waals surface area contributed by atoms with Crippen LogP contribution >= 0.6 is 11.6 Å². The van der Waals surface area contributed by atoms with Gasteiger partial charge in [-0.2, -0.15) is 0 Å². The normalized spacial score (nSPS) is 9.47. The molecule has 2 N–H and O–H groups in total. The van der Waals surface area contributed by atoms with E-state index in [4.69, 9.17) is 11.6 Å². The molecule has 0 amide bonds. The zero-order valence-electron chi connectivity index (χ0n) is 10.9. The van der Waals surface area contributed by atoms with Crippen LogP contribution < -0.4 is 0 Å². The number of pyridine rings is 1. The highest BCUT2D eigenvalue weighted by Crippen LogP contribution is 2.20. The molecule has 7 heteroatoms. The monoisotopic (exact) mass is 289 g/mol. The lowest BCUT2D eigenvalue weighted by Gasteiger charge is -2.09. The second-order valence-corrected chi connectivity index (χ2v) is 3.91. The number of carbonyl (C=O) groups is 2. The van der Waals surface area contributed by atoms with Crippen LogP contribution in [0.15, 0.2) is 6.07 Å². The van der Waals surface area contributed by atoms with Crippen molar-refractivity contribution in [1.29, 1.82) is 0 Å². The van der Waals surface area contributed by atoms with E-state index in [0.717, 1.165) is 6.42 Å². The van der Waals surface area contributed by atoms with Gasteiger partial charge in [0, 0.05) is 0 Å². The molecular weight excluding hydrogens is 274 g/mol. The fourth-order valence-electron chi connectivity index (χ4n) is 1.49. The fraction of sp³-hybridized carbons (Fsp3) is 0.417. The van der Waals surface area contributed by atoms with Gasteiger partial charge in [0.15, 0.2) is 0 Å². The molecule has 0 saturated heterocycles. The highest BCUT2D eigenvalue weighted by atomic mass is 35.5. The number of aromatic nitrogens is 1. The quantitative estimate of drug-likeness (QED) is 0.617. The van der Waals surface area contributed by atoms with Gasteiger partial charge in [-0.3, -0.25) is 0 Å². The first kappa shape index (κ1) is 17.3. The SMILES string of the molecule is CCCc1nc(Cl)c(C(=O)OC)cc1C(=O)OC.O. The number of rotatable bonds is 4. The third kappa shape index (κ3) is 3.90. The molecule has 0 unspecified atom stereocenters. The maximum Gasteiger partial charge on any atom is 0.341 e. The Bertz CT molecular complexity index is 475. The summed E-state index contributed by atoms with van der Waals surface area (Å²) in [5, 5.41) is 0.0259. The van der Waals surface area contributed by atoms with E-state index in [1.807, 2.05) is 6.92 Å². The molecular formula is C12H16ClNO5. The van der Waals surface area contributed by atoms with E-state index in [1.165, 1.54) is 20.3 Å². The van der Waals surface area contributed by atoms with E-state index in [-0.39, 0.29) is 21.8 Å². The summed E-state index contributed by atoms with van der Waals surface area (Å²) in [6.45, 7) is 1.95. The summed E-state index contributed by atoms with van der Waals surface area (Å²) in [6, 6.07) is 1.36. The summed E-state index contributed by atoms with van der Waals surface area (Å²) < 4.78 is 9.23. The molecule has 0 saturated carbocycles. The molecule has 1 aromatic rings. The largest absolute Gasteiger partial charge is 0.465 e. The summed E-state index contributed by atoms with van der Waals surface area (Å²) in [4.78, 5) is 27.2. The van der Waals surface area contributed by atoms with Crippen molar-refractivity contribution < 1.29 is 24.5 Å². The van der Waals surface area contributed by atoms with Gasteiger partial charge in [-0.15, -0.1) is 0 Å². The van der Waals surface area contributed by atoms with Crippen molar-refractivity contribution in [3.05, 3.63) is 28.0 Å². The highest BCUT2D eigenvalue weighted by Gasteiger charge is 2.20. The van der Waals surface area contributed by atoms with Gasteiger partial charge in [0.1, 0.15) is 5.15 Å². The number of methoxy groups -OCH3 is 2. The number of hydrogen-bond donors (Lipinski definition) is 0. The predicted octanol–water partition coefficient (Wildman–Crippen LogP) is 1.44. The number of hydrogen-bond acceptors (Lipinski definition) is 5. The Balaban J connectivity index is 0.00000324. The Morgan fingerprint density at radius 3 is 2.21 bits per heavy atom. The van der Waals surface area contributed by atoms with Crippen molar-refractivity contribution in [2.45, 2.75) is 19.8 Å². The molecule has 1 heterocycles. The van der Waals surface area contributed by atoms with Gasteiger partial charge in [-0.05, 0) is 12.5 Å². The van der Waals surface area contributed by atoms with Crippen molar-refractivity contribution in [1.82, 2.24) is 4.98 Å². The third-order valence-corrected chi connectivity index (χ3v) is 2.64. The Labute approximate surface area is 116 Å². The van der Waals surface area contributed by atoms with Crippen molar-refractivity contribution in [3.8, 4) is 0 Å². The van der Waals surface area contributed by atoms with Crippen LogP contribution in [-0.4, -0.2) is 36.6 Å². The fourth-order valence-corrected chi connectivity index (χ4v) is 1.73. The summed E-state index contributed by atoms with van der Waals surface area (Å²) in [7, 11) is 2.50. The van der Waals surface area contributed by atoms with Crippen LogP contribution in [-0.2, 0) is 15.9 Å². The van der Waals surface area contributed by atoms with Crippen molar-refractivity contribution in [2.75, 3.05) is 14.2 Å². The minimum atomic E-state index is -0.638. The van der Waals surface area contributed by atoms with Gasteiger partial charge in [0.05, 0.1) is 31.0 Å². The first-order valence-corrected chi connectivity index (χ1v) is 5.79. The Hall–Kier alpha value is -1.66. The number of ether oxygens (including phenoxy) is 2. The van der Waals surface area contributed by atoms with Gasteiger partial charge in [0.25, 0.3) is 0 Å². The molecule has 0 atom stereocenters. The number of halogens is 1. The molecule has 106 valence electrons. The van der Waals surface area contributed by atoms with Crippen LogP contribution in [0.4, 0.5) is 0 Å². The van der Waals surface area contributed by atoms with Crippen LogP contribution in [0.25, 0.3) is 0 Å². The third-order valence-electron chi connectivity index (χ3n) is 2.35. The van der Waals surface area contributed by atoms with E-state index in [9.17, 15) is 9.59 Å². The van der Waals surface area contributed by atoms with Crippen molar-refractivity contribution in [2.24, 2.45) is 0 Å². The average molecular weight is 290 g/mol. The van der Waals surface area contributed by atoms with Crippen molar-refractivity contribution in [3.63, 3.8) is 0 Å². The smallest absolute Gasteiger partial charge is 0.341 e. The molecule has 1 aromatic heterocycles.